The second-order valence-corrected chi connectivity index (χ2v) is 3.99. The predicted octanol–water partition coefficient (Wildman–Crippen LogP) is 3.50. The van der Waals surface area contributed by atoms with E-state index >= 15 is 0 Å². The maximum atomic E-state index is 12.9. The van der Waals surface area contributed by atoms with Gasteiger partial charge in [0.25, 0.3) is 6.43 Å². The molecule has 2 aromatic rings. The van der Waals surface area contributed by atoms with Gasteiger partial charge in [-0.05, 0) is 23.8 Å². The SMILES string of the molecule is CCOc1ccc2ccccc2c1[C@H](N)C(F)F. The Kier molecular flexibility index (Phi) is 3.77. The number of hydrogen-bond acceptors (Lipinski definition) is 2. The van der Waals surface area contributed by atoms with Crippen molar-refractivity contribution in [2.24, 2.45) is 5.73 Å². The Bertz CT molecular complexity index is 542. The number of hydrogen-bond donors (Lipinski definition) is 1. The summed E-state index contributed by atoms with van der Waals surface area (Å²) in [6.45, 7) is 2.23. The van der Waals surface area contributed by atoms with Crippen molar-refractivity contribution in [3.8, 4) is 5.75 Å². The molecular weight excluding hydrogens is 236 g/mol. The molecule has 0 amide bonds. The van der Waals surface area contributed by atoms with Crippen molar-refractivity contribution in [3.63, 3.8) is 0 Å². The molecule has 0 aliphatic heterocycles. The minimum atomic E-state index is -2.62. The zero-order valence-corrected chi connectivity index (χ0v) is 10.1. The summed E-state index contributed by atoms with van der Waals surface area (Å²) in [5, 5.41) is 1.60. The molecule has 0 saturated heterocycles. The molecule has 0 heterocycles. The fourth-order valence-corrected chi connectivity index (χ4v) is 2.03. The van der Waals surface area contributed by atoms with E-state index in [9.17, 15) is 8.78 Å². The van der Waals surface area contributed by atoms with E-state index < -0.39 is 12.5 Å². The van der Waals surface area contributed by atoms with E-state index in [4.69, 9.17) is 10.5 Å². The first-order chi connectivity index (χ1) is 8.65. The molecule has 96 valence electrons. The molecule has 0 saturated carbocycles. The number of halogens is 2. The van der Waals surface area contributed by atoms with Gasteiger partial charge in [0.15, 0.2) is 0 Å². The maximum Gasteiger partial charge on any atom is 0.257 e. The van der Waals surface area contributed by atoms with E-state index in [2.05, 4.69) is 0 Å². The fourth-order valence-electron chi connectivity index (χ4n) is 2.03. The molecule has 0 aromatic heterocycles. The molecule has 0 aliphatic carbocycles. The summed E-state index contributed by atoms with van der Waals surface area (Å²) in [5.41, 5.74) is 5.98. The first-order valence-corrected chi connectivity index (χ1v) is 5.83. The number of rotatable bonds is 4. The highest BCUT2D eigenvalue weighted by Crippen LogP contribution is 2.34. The number of benzene rings is 2. The van der Waals surface area contributed by atoms with Crippen LogP contribution in [0.15, 0.2) is 36.4 Å². The molecule has 1 atom stereocenters. The van der Waals surface area contributed by atoms with Crippen molar-refractivity contribution >= 4 is 10.8 Å². The van der Waals surface area contributed by atoms with Gasteiger partial charge in [-0.25, -0.2) is 8.78 Å². The van der Waals surface area contributed by atoms with Crippen molar-refractivity contribution in [2.75, 3.05) is 6.61 Å². The average Bonchev–Trinajstić information content (AvgIpc) is 2.38. The van der Waals surface area contributed by atoms with Crippen molar-refractivity contribution in [3.05, 3.63) is 42.0 Å². The minimum absolute atomic E-state index is 0.380. The maximum absolute atomic E-state index is 12.9. The lowest BCUT2D eigenvalue weighted by atomic mass is 9.98. The largest absolute Gasteiger partial charge is 0.494 e. The van der Waals surface area contributed by atoms with Gasteiger partial charge in [0.2, 0.25) is 0 Å². The Balaban J connectivity index is 2.66. The fraction of sp³-hybridized carbons (Fsp3) is 0.286. The van der Waals surface area contributed by atoms with Crippen LogP contribution in [0.3, 0.4) is 0 Å². The van der Waals surface area contributed by atoms with Crippen LogP contribution in [0.5, 0.6) is 5.75 Å². The van der Waals surface area contributed by atoms with Crippen LogP contribution in [0.1, 0.15) is 18.5 Å². The number of fused-ring (bicyclic) bond motifs is 1. The average molecular weight is 251 g/mol. The molecule has 0 spiro atoms. The van der Waals surface area contributed by atoms with Gasteiger partial charge in [0, 0.05) is 5.56 Å². The van der Waals surface area contributed by atoms with E-state index in [1.165, 1.54) is 0 Å². The Labute approximate surface area is 104 Å². The van der Waals surface area contributed by atoms with E-state index in [1.807, 2.05) is 25.1 Å². The van der Waals surface area contributed by atoms with Crippen LogP contribution in [0.4, 0.5) is 8.78 Å². The summed E-state index contributed by atoms with van der Waals surface area (Å²) in [6, 6.07) is 9.53. The predicted molar refractivity (Wildman–Crippen MR) is 68.0 cm³/mol. The zero-order valence-electron chi connectivity index (χ0n) is 10.1. The van der Waals surface area contributed by atoms with Crippen molar-refractivity contribution in [1.29, 1.82) is 0 Å². The Morgan fingerprint density at radius 3 is 2.56 bits per heavy atom. The summed E-state index contributed by atoms with van der Waals surface area (Å²) in [6.07, 6.45) is -2.62. The van der Waals surface area contributed by atoms with Gasteiger partial charge in [0.1, 0.15) is 5.75 Å². The highest BCUT2D eigenvalue weighted by molar-refractivity contribution is 5.88. The van der Waals surface area contributed by atoms with E-state index in [-0.39, 0.29) is 0 Å². The van der Waals surface area contributed by atoms with Gasteiger partial charge < -0.3 is 10.5 Å². The molecule has 2 aromatic carbocycles. The van der Waals surface area contributed by atoms with Crippen LogP contribution in [-0.2, 0) is 0 Å². The number of ether oxygens (including phenoxy) is 1. The van der Waals surface area contributed by atoms with Crippen molar-refractivity contribution in [2.45, 2.75) is 19.4 Å². The third-order valence-corrected chi connectivity index (χ3v) is 2.84. The monoisotopic (exact) mass is 251 g/mol. The molecule has 0 aliphatic rings. The number of nitrogens with two attached hydrogens (primary N) is 1. The van der Waals surface area contributed by atoms with Gasteiger partial charge >= 0.3 is 0 Å². The van der Waals surface area contributed by atoms with E-state index in [1.54, 1.807) is 18.2 Å². The summed E-state index contributed by atoms with van der Waals surface area (Å²) >= 11 is 0. The molecule has 2 rings (SSSR count). The standard InChI is InChI=1S/C14H15F2NO/c1-2-18-11-8-7-9-5-3-4-6-10(9)12(11)13(17)14(15)16/h3-8,13-14H,2,17H2,1H3/t13-/m0/s1. The van der Waals surface area contributed by atoms with Crippen LogP contribution in [0.25, 0.3) is 10.8 Å². The molecule has 0 unspecified atom stereocenters. The van der Waals surface area contributed by atoms with Crippen LogP contribution in [-0.4, -0.2) is 13.0 Å². The van der Waals surface area contributed by atoms with Gasteiger partial charge in [-0.3, -0.25) is 0 Å². The summed E-state index contributed by atoms with van der Waals surface area (Å²) in [4.78, 5) is 0. The third kappa shape index (κ3) is 2.29. The van der Waals surface area contributed by atoms with Crippen LogP contribution in [0.2, 0.25) is 0 Å². The highest BCUT2D eigenvalue weighted by Gasteiger charge is 2.23. The van der Waals surface area contributed by atoms with Crippen molar-refractivity contribution in [1.82, 2.24) is 0 Å². The minimum Gasteiger partial charge on any atom is -0.494 e. The lowest BCUT2D eigenvalue weighted by Crippen LogP contribution is -2.20. The molecule has 0 fully saturated rings. The van der Waals surface area contributed by atoms with Gasteiger partial charge in [-0.1, -0.05) is 30.3 Å². The third-order valence-electron chi connectivity index (χ3n) is 2.84. The molecular formula is C14H15F2NO. The van der Waals surface area contributed by atoms with E-state index in [0.29, 0.717) is 17.9 Å². The second kappa shape index (κ2) is 5.31. The Morgan fingerprint density at radius 1 is 1.17 bits per heavy atom. The second-order valence-electron chi connectivity index (χ2n) is 3.99. The lowest BCUT2D eigenvalue weighted by molar-refractivity contribution is 0.115. The van der Waals surface area contributed by atoms with Crippen molar-refractivity contribution < 1.29 is 13.5 Å². The summed E-state index contributed by atoms with van der Waals surface area (Å²) in [7, 11) is 0. The van der Waals surface area contributed by atoms with Crippen LogP contribution < -0.4 is 10.5 Å². The first kappa shape index (κ1) is 12.8. The summed E-state index contributed by atoms with van der Waals surface area (Å²) < 4.78 is 31.2. The molecule has 0 radical (unpaired) electrons. The van der Waals surface area contributed by atoms with Gasteiger partial charge in [0.05, 0.1) is 12.6 Å². The Hall–Kier alpha value is -1.68. The first-order valence-electron chi connectivity index (χ1n) is 5.83. The summed E-state index contributed by atoms with van der Waals surface area (Å²) in [5.74, 6) is 0.434. The number of alkyl halides is 2. The molecule has 0 bridgehead atoms. The molecule has 2 nitrogen and oxygen atoms in total. The molecule has 18 heavy (non-hydrogen) atoms. The molecule has 2 N–H and O–H groups in total. The zero-order chi connectivity index (χ0) is 13.1. The lowest BCUT2D eigenvalue weighted by Gasteiger charge is -2.18. The molecule has 4 heteroatoms. The smallest absolute Gasteiger partial charge is 0.257 e. The Morgan fingerprint density at radius 2 is 1.89 bits per heavy atom. The van der Waals surface area contributed by atoms with Crippen LogP contribution in [0, 0.1) is 0 Å². The topological polar surface area (TPSA) is 35.2 Å². The highest BCUT2D eigenvalue weighted by atomic mass is 19.3. The quantitative estimate of drug-likeness (QED) is 0.902. The van der Waals surface area contributed by atoms with Gasteiger partial charge in [-0.2, -0.15) is 0 Å². The normalized spacial score (nSPS) is 12.9. The van der Waals surface area contributed by atoms with Crippen LogP contribution >= 0.6 is 0 Å². The van der Waals surface area contributed by atoms with Gasteiger partial charge in [-0.15, -0.1) is 0 Å². The van der Waals surface area contributed by atoms with E-state index in [0.717, 1.165) is 10.8 Å².